The van der Waals surface area contributed by atoms with Gasteiger partial charge in [-0.05, 0) is 44.9 Å². The SMILES string of the molecule is CC#CCCC1(C(=O)O)CCC(CCCC)CC1. The third kappa shape index (κ3) is 4.05. The molecular formula is C16H26O2. The second-order valence-electron chi connectivity index (χ2n) is 5.60. The summed E-state index contributed by atoms with van der Waals surface area (Å²) < 4.78 is 0. The van der Waals surface area contributed by atoms with E-state index in [0.717, 1.165) is 44.4 Å². The van der Waals surface area contributed by atoms with Gasteiger partial charge in [0, 0.05) is 6.42 Å². The van der Waals surface area contributed by atoms with Gasteiger partial charge in [-0.1, -0.05) is 26.2 Å². The Labute approximate surface area is 111 Å². The molecule has 0 aromatic rings. The zero-order valence-electron chi connectivity index (χ0n) is 11.8. The van der Waals surface area contributed by atoms with Crippen LogP contribution in [0.15, 0.2) is 0 Å². The van der Waals surface area contributed by atoms with Gasteiger partial charge in [-0.2, -0.15) is 0 Å². The highest BCUT2D eigenvalue weighted by Gasteiger charge is 2.40. The van der Waals surface area contributed by atoms with E-state index in [4.69, 9.17) is 0 Å². The summed E-state index contributed by atoms with van der Waals surface area (Å²) in [5, 5.41) is 9.50. The molecule has 102 valence electrons. The zero-order chi connectivity index (χ0) is 13.4. The maximum atomic E-state index is 11.5. The van der Waals surface area contributed by atoms with Crippen LogP contribution in [0.1, 0.15) is 71.6 Å². The molecule has 0 aromatic carbocycles. The van der Waals surface area contributed by atoms with E-state index in [-0.39, 0.29) is 0 Å². The van der Waals surface area contributed by atoms with Crippen molar-refractivity contribution in [2.75, 3.05) is 0 Å². The van der Waals surface area contributed by atoms with E-state index in [2.05, 4.69) is 18.8 Å². The lowest BCUT2D eigenvalue weighted by Gasteiger charge is -2.36. The number of rotatable bonds is 6. The molecule has 2 heteroatoms. The van der Waals surface area contributed by atoms with Crippen molar-refractivity contribution in [2.24, 2.45) is 11.3 Å². The average molecular weight is 250 g/mol. The zero-order valence-corrected chi connectivity index (χ0v) is 11.8. The van der Waals surface area contributed by atoms with E-state index in [9.17, 15) is 9.90 Å². The first kappa shape index (κ1) is 15.1. The van der Waals surface area contributed by atoms with Crippen molar-refractivity contribution >= 4 is 5.97 Å². The van der Waals surface area contributed by atoms with Gasteiger partial charge in [0.15, 0.2) is 0 Å². The molecule has 1 N–H and O–H groups in total. The molecule has 2 nitrogen and oxygen atoms in total. The molecule has 18 heavy (non-hydrogen) atoms. The molecule has 0 bridgehead atoms. The summed E-state index contributed by atoms with van der Waals surface area (Å²) in [7, 11) is 0. The fourth-order valence-corrected chi connectivity index (χ4v) is 3.01. The number of carboxylic acid groups (broad SMARTS) is 1. The summed E-state index contributed by atoms with van der Waals surface area (Å²) >= 11 is 0. The topological polar surface area (TPSA) is 37.3 Å². The number of hydrogen-bond donors (Lipinski definition) is 1. The number of carboxylic acids is 1. The second kappa shape index (κ2) is 7.46. The van der Waals surface area contributed by atoms with Crippen molar-refractivity contribution in [2.45, 2.75) is 71.6 Å². The van der Waals surface area contributed by atoms with Gasteiger partial charge in [0.25, 0.3) is 0 Å². The molecular weight excluding hydrogens is 224 g/mol. The van der Waals surface area contributed by atoms with Crippen LogP contribution in [0, 0.1) is 23.2 Å². The first-order valence-electron chi connectivity index (χ1n) is 7.27. The lowest BCUT2D eigenvalue weighted by Crippen LogP contribution is -2.35. The van der Waals surface area contributed by atoms with E-state index < -0.39 is 11.4 Å². The Morgan fingerprint density at radius 3 is 2.56 bits per heavy atom. The van der Waals surface area contributed by atoms with Crippen molar-refractivity contribution in [1.82, 2.24) is 0 Å². The number of hydrogen-bond acceptors (Lipinski definition) is 1. The maximum absolute atomic E-state index is 11.5. The van der Waals surface area contributed by atoms with E-state index in [1.807, 2.05) is 6.92 Å². The Bertz CT molecular complexity index is 314. The van der Waals surface area contributed by atoms with Crippen LogP contribution in [0.25, 0.3) is 0 Å². The first-order chi connectivity index (χ1) is 8.64. The fraction of sp³-hybridized carbons (Fsp3) is 0.812. The summed E-state index contributed by atoms with van der Waals surface area (Å²) in [6.45, 7) is 4.03. The molecule has 0 saturated heterocycles. The molecule has 0 aromatic heterocycles. The number of aliphatic carboxylic acids is 1. The van der Waals surface area contributed by atoms with Crippen LogP contribution in [-0.4, -0.2) is 11.1 Å². The van der Waals surface area contributed by atoms with Gasteiger partial charge in [0.2, 0.25) is 0 Å². The molecule has 0 amide bonds. The van der Waals surface area contributed by atoms with Crippen LogP contribution in [0.5, 0.6) is 0 Å². The number of unbranched alkanes of at least 4 members (excludes halogenated alkanes) is 1. The molecule has 0 atom stereocenters. The van der Waals surface area contributed by atoms with Gasteiger partial charge in [-0.15, -0.1) is 11.8 Å². The molecule has 0 spiro atoms. The van der Waals surface area contributed by atoms with Crippen LogP contribution in [-0.2, 0) is 4.79 Å². The summed E-state index contributed by atoms with van der Waals surface area (Å²) in [5.74, 6) is 6.02. The van der Waals surface area contributed by atoms with E-state index >= 15 is 0 Å². The molecule has 0 heterocycles. The van der Waals surface area contributed by atoms with Gasteiger partial charge >= 0.3 is 5.97 Å². The van der Waals surface area contributed by atoms with Crippen molar-refractivity contribution < 1.29 is 9.90 Å². The summed E-state index contributed by atoms with van der Waals surface area (Å²) in [5.41, 5.74) is -0.480. The van der Waals surface area contributed by atoms with Crippen LogP contribution in [0.2, 0.25) is 0 Å². The van der Waals surface area contributed by atoms with Gasteiger partial charge in [0.05, 0.1) is 5.41 Å². The van der Waals surface area contributed by atoms with E-state index in [1.54, 1.807) is 0 Å². The largest absolute Gasteiger partial charge is 0.481 e. The van der Waals surface area contributed by atoms with Crippen LogP contribution in [0.3, 0.4) is 0 Å². The smallest absolute Gasteiger partial charge is 0.309 e. The predicted octanol–water partition coefficient (Wildman–Crippen LogP) is 4.24. The van der Waals surface area contributed by atoms with E-state index in [1.165, 1.54) is 19.3 Å². The van der Waals surface area contributed by atoms with Gasteiger partial charge in [-0.25, -0.2) is 0 Å². The Balaban J connectivity index is 2.50. The lowest BCUT2D eigenvalue weighted by molar-refractivity contribution is -0.152. The van der Waals surface area contributed by atoms with Crippen LogP contribution in [0.4, 0.5) is 0 Å². The van der Waals surface area contributed by atoms with Crippen molar-refractivity contribution in [3.63, 3.8) is 0 Å². The highest BCUT2D eigenvalue weighted by Crippen LogP contribution is 2.43. The highest BCUT2D eigenvalue weighted by atomic mass is 16.4. The Morgan fingerprint density at radius 2 is 2.06 bits per heavy atom. The third-order valence-electron chi connectivity index (χ3n) is 4.39. The van der Waals surface area contributed by atoms with Crippen molar-refractivity contribution in [1.29, 1.82) is 0 Å². The molecule has 1 saturated carbocycles. The van der Waals surface area contributed by atoms with Crippen molar-refractivity contribution in [3.8, 4) is 11.8 Å². The van der Waals surface area contributed by atoms with Gasteiger partial charge in [-0.3, -0.25) is 4.79 Å². The minimum atomic E-state index is -0.602. The lowest BCUT2D eigenvalue weighted by atomic mass is 9.67. The molecule has 0 aliphatic heterocycles. The second-order valence-corrected chi connectivity index (χ2v) is 5.60. The van der Waals surface area contributed by atoms with E-state index in [0.29, 0.717) is 0 Å². The minimum absolute atomic E-state index is 0.480. The van der Waals surface area contributed by atoms with Crippen LogP contribution < -0.4 is 0 Å². The number of carbonyl (C=O) groups is 1. The summed E-state index contributed by atoms with van der Waals surface area (Å²) in [6.07, 6.45) is 9.13. The molecule has 1 fully saturated rings. The van der Waals surface area contributed by atoms with Crippen LogP contribution >= 0.6 is 0 Å². The van der Waals surface area contributed by atoms with Gasteiger partial charge in [0.1, 0.15) is 0 Å². The average Bonchev–Trinajstić information content (AvgIpc) is 2.38. The Morgan fingerprint density at radius 1 is 1.39 bits per heavy atom. The minimum Gasteiger partial charge on any atom is -0.481 e. The fourth-order valence-electron chi connectivity index (χ4n) is 3.01. The quantitative estimate of drug-likeness (QED) is 0.716. The maximum Gasteiger partial charge on any atom is 0.309 e. The highest BCUT2D eigenvalue weighted by molar-refractivity contribution is 5.74. The first-order valence-corrected chi connectivity index (χ1v) is 7.27. The summed E-state index contributed by atoms with van der Waals surface area (Å²) in [4.78, 5) is 11.5. The Kier molecular flexibility index (Phi) is 6.25. The third-order valence-corrected chi connectivity index (χ3v) is 4.39. The summed E-state index contributed by atoms with van der Waals surface area (Å²) in [6, 6.07) is 0. The normalized spacial score (nSPS) is 27.3. The Hall–Kier alpha value is -0.970. The monoisotopic (exact) mass is 250 g/mol. The molecule has 1 aliphatic rings. The van der Waals surface area contributed by atoms with Gasteiger partial charge < -0.3 is 5.11 Å². The predicted molar refractivity (Wildman–Crippen MR) is 74.2 cm³/mol. The molecule has 0 unspecified atom stereocenters. The molecule has 0 radical (unpaired) electrons. The standard InChI is InChI=1S/C16H26O2/c1-3-5-7-11-16(15(17)18)12-9-14(10-13-16)8-6-4-2/h14H,4,6-13H2,1-2H3,(H,17,18). The molecule has 1 rings (SSSR count). The molecule has 1 aliphatic carbocycles. The van der Waals surface area contributed by atoms with Crippen molar-refractivity contribution in [3.05, 3.63) is 0 Å².